The highest BCUT2D eigenvalue weighted by Gasteiger charge is 2.09. The molecule has 0 fully saturated rings. The van der Waals surface area contributed by atoms with Crippen molar-refractivity contribution in [3.05, 3.63) is 18.2 Å². The van der Waals surface area contributed by atoms with Gasteiger partial charge in [0, 0.05) is 12.7 Å². The Kier molecular flexibility index (Phi) is 4.74. The fourth-order valence-electron chi connectivity index (χ4n) is 1.28. The molecule has 0 aliphatic heterocycles. The van der Waals surface area contributed by atoms with Gasteiger partial charge in [0.2, 0.25) is 5.91 Å². The molecule has 17 heavy (non-hydrogen) atoms. The molecular formula is C11H17N3O3. The van der Waals surface area contributed by atoms with Gasteiger partial charge in [0.25, 0.3) is 0 Å². The van der Waals surface area contributed by atoms with Crippen LogP contribution in [0.2, 0.25) is 0 Å². The van der Waals surface area contributed by atoms with E-state index in [1.165, 1.54) is 19.3 Å². The number of nitrogen functional groups attached to an aromatic ring is 1. The van der Waals surface area contributed by atoms with Gasteiger partial charge in [-0.3, -0.25) is 4.79 Å². The van der Waals surface area contributed by atoms with Gasteiger partial charge >= 0.3 is 0 Å². The Hall–Kier alpha value is -1.79. The average Bonchev–Trinajstić information content (AvgIpc) is 2.29. The molecule has 0 aliphatic rings. The number of likely N-dealkylation sites (N-methyl/N-ethyl adjacent to an activating group) is 1. The minimum atomic E-state index is -0.210. The van der Waals surface area contributed by atoms with Crippen molar-refractivity contribution in [1.29, 1.82) is 0 Å². The molecule has 0 saturated carbocycles. The lowest BCUT2D eigenvalue weighted by atomic mass is 10.2. The Labute approximate surface area is 100 Å². The van der Waals surface area contributed by atoms with E-state index in [-0.39, 0.29) is 12.5 Å². The lowest BCUT2D eigenvalue weighted by Crippen LogP contribution is -2.29. The Morgan fingerprint density at radius 1 is 1.47 bits per heavy atom. The van der Waals surface area contributed by atoms with Crippen LogP contribution in [-0.4, -0.2) is 38.8 Å². The highest BCUT2D eigenvalue weighted by molar-refractivity contribution is 5.94. The van der Waals surface area contributed by atoms with E-state index < -0.39 is 0 Å². The smallest absolute Gasteiger partial charge is 0.241 e. The Morgan fingerprint density at radius 3 is 2.76 bits per heavy atom. The zero-order valence-corrected chi connectivity index (χ0v) is 10.2. The predicted octanol–water partition coefficient (Wildman–Crippen LogP) is 0.709. The molecule has 0 aromatic heterocycles. The summed E-state index contributed by atoms with van der Waals surface area (Å²) in [4.78, 5) is 16.5. The summed E-state index contributed by atoms with van der Waals surface area (Å²) in [7, 11) is 4.69. The van der Waals surface area contributed by atoms with Crippen molar-refractivity contribution in [1.82, 2.24) is 5.06 Å². The second-order valence-corrected chi connectivity index (χ2v) is 3.48. The van der Waals surface area contributed by atoms with Crippen LogP contribution in [0.3, 0.4) is 0 Å². The first kappa shape index (κ1) is 13.3. The molecular weight excluding hydrogens is 222 g/mol. The van der Waals surface area contributed by atoms with Crippen LogP contribution in [0.5, 0.6) is 5.75 Å². The van der Waals surface area contributed by atoms with Crippen molar-refractivity contribution in [3.8, 4) is 5.75 Å². The van der Waals surface area contributed by atoms with Crippen LogP contribution < -0.4 is 15.8 Å². The number of carbonyl (C=O) groups excluding carboxylic acids is 1. The second kappa shape index (κ2) is 6.07. The highest BCUT2D eigenvalue weighted by Crippen LogP contribution is 2.26. The van der Waals surface area contributed by atoms with Crippen molar-refractivity contribution in [2.75, 3.05) is 38.9 Å². The highest BCUT2D eigenvalue weighted by atomic mass is 16.7. The Balaban J connectivity index is 2.73. The topological polar surface area (TPSA) is 76.8 Å². The van der Waals surface area contributed by atoms with E-state index in [0.29, 0.717) is 17.1 Å². The van der Waals surface area contributed by atoms with Crippen LogP contribution in [0.4, 0.5) is 11.4 Å². The van der Waals surface area contributed by atoms with E-state index >= 15 is 0 Å². The molecule has 0 heterocycles. The van der Waals surface area contributed by atoms with E-state index in [4.69, 9.17) is 15.3 Å². The van der Waals surface area contributed by atoms with Crippen molar-refractivity contribution in [2.45, 2.75) is 0 Å². The maximum Gasteiger partial charge on any atom is 0.241 e. The fourth-order valence-corrected chi connectivity index (χ4v) is 1.28. The number of carbonyl (C=O) groups is 1. The predicted molar refractivity (Wildman–Crippen MR) is 65.7 cm³/mol. The third-order valence-corrected chi connectivity index (χ3v) is 2.18. The summed E-state index contributed by atoms with van der Waals surface area (Å²) in [6.07, 6.45) is 0. The van der Waals surface area contributed by atoms with Crippen LogP contribution >= 0.6 is 0 Å². The van der Waals surface area contributed by atoms with E-state index in [9.17, 15) is 4.79 Å². The van der Waals surface area contributed by atoms with Crippen LogP contribution in [0.15, 0.2) is 18.2 Å². The number of hydrogen-bond acceptors (Lipinski definition) is 5. The molecule has 3 N–H and O–H groups in total. The monoisotopic (exact) mass is 239 g/mol. The average molecular weight is 239 g/mol. The van der Waals surface area contributed by atoms with Crippen LogP contribution in [-0.2, 0) is 9.63 Å². The van der Waals surface area contributed by atoms with Gasteiger partial charge in [-0.1, -0.05) is 0 Å². The molecule has 0 radical (unpaired) electrons. The maximum absolute atomic E-state index is 11.6. The normalized spacial score (nSPS) is 10.4. The molecule has 0 atom stereocenters. The first-order chi connectivity index (χ1) is 8.06. The standard InChI is InChI=1S/C11H17N3O3/c1-14(17-3)7-11(15)13-9-6-8(12)4-5-10(9)16-2/h4-6H,7,12H2,1-3H3,(H,13,15). The van der Waals surface area contributed by atoms with Crippen LogP contribution in [0.1, 0.15) is 0 Å². The van der Waals surface area contributed by atoms with Gasteiger partial charge in [-0.25, -0.2) is 0 Å². The lowest BCUT2D eigenvalue weighted by molar-refractivity contribution is -0.137. The van der Waals surface area contributed by atoms with E-state index in [1.54, 1.807) is 25.2 Å². The van der Waals surface area contributed by atoms with Crippen molar-refractivity contribution in [3.63, 3.8) is 0 Å². The number of benzene rings is 1. The van der Waals surface area contributed by atoms with Gasteiger partial charge in [0.1, 0.15) is 12.3 Å². The summed E-state index contributed by atoms with van der Waals surface area (Å²) in [6.45, 7) is 0.119. The molecule has 1 amide bonds. The molecule has 1 aromatic carbocycles. The maximum atomic E-state index is 11.6. The molecule has 0 saturated heterocycles. The molecule has 6 heteroatoms. The summed E-state index contributed by atoms with van der Waals surface area (Å²) in [5, 5.41) is 4.11. The zero-order valence-electron chi connectivity index (χ0n) is 10.2. The number of hydrogen-bond donors (Lipinski definition) is 2. The van der Waals surface area contributed by atoms with Gasteiger partial charge in [-0.2, -0.15) is 5.06 Å². The summed E-state index contributed by atoms with van der Waals surface area (Å²) in [5.74, 6) is 0.353. The molecule has 0 aliphatic carbocycles. The van der Waals surface area contributed by atoms with Gasteiger partial charge in [0.05, 0.1) is 19.9 Å². The fraction of sp³-hybridized carbons (Fsp3) is 0.364. The Morgan fingerprint density at radius 2 is 2.18 bits per heavy atom. The second-order valence-electron chi connectivity index (χ2n) is 3.48. The number of ether oxygens (including phenoxy) is 1. The first-order valence-electron chi connectivity index (χ1n) is 5.05. The number of amides is 1. The van der Waals surface area contributed by atoms with Gasteiger partial charge in [0.15, 0.2) is 0 Å². The minimum absolute atomic E-state index is 0.119. The SMILES string of the molecule is COc1ccc(N)cc1NC(=O)CN(C)OC. The number of nitrogens with one attached hydrogen (secondary N) is 1. The number of anilines is 2. The zero-order chi connectivity index (χ0) is 12.8. The van der Waals surface area contributed by atoms with Crippen LogP contribution in [0.25, 0.3) is 0 Å². The number of nitrogens with two attached hydrogens (primary N) is 1. The molecule has 0 bridgehead atoms. The molecule has 0 spiro atoms. The number of rotatable bonds is 5. The largest absolute Gasteiger partial charge is 0.495 e. The third kappa shape index (κ3) is 3.93. The van der Waals surface area contributed by atoms with Crippen molar-refractivity contribution >= 4 is 17.3 Å². The van der Waals surface area contributed by atoms with E-state index in [0.717, 1.165) is 0 Å². The number of nitrogens with zero attached hydrogens (tertiary/aromatic N) is 1. The van der Waals surface area contributed by atoms with Gasteiger partial charge < -0.3 is 20.6 Å². The van der Waals surface area contributed by atoms with Crippen molar-refractivity contribution in [2.24, 2.45) is 0 Å². The summed E-state index contributed by atoms with van der Waals surface area (Å²) in [6, 6.07) is 5.05. The Bertz CT molecular complexity index is 396. The first-order valence-corrected chi connectivity index (χ1v) is 5.05. The molecule has 1 rings (SSSR count). The quantitative estimate of drug-likeness (QED) is 0.584. The third-order valence-electron chi connectivity index (χ3n) is 2.18. The van der Waals surface area contributed by atoms with E-state index in [1.807, 2.05) is 0 Å². The number of hydroxylamine groups is 2. The molecule has 0 unspecified atom stereocenters. The summed E-state index contributed by atoms with van der Waals surface area (Å²) >= 11 is 0. The van der Waals surface area contributed by atoms with Crippen molar-refractivity contribution < 1.29 is 14.4 Å². The minimum Gasteiger partial charge on any atom is -0.495 e. The molecule has 6 nitrogen and oxygen atoms in total. The molecule has 94 valence electrons. The summed E-state index contributed by atoms with van der Waals surface area (Å²) < 4.78 is 5.12. The van der Waals surface area contributed by atoms with Gasteiger partial charge in [-0.15, -0.1) is 0 Å². The van der Waals surface area contributed by atoms with E-state index in [2.05, 4.69) is 5.32 Å². The molecule has 1 aromatic rings. The summed E-state index contributed by atoms with van der Waals surface area (Å²) in [5.41, 5.74) is 6.74. The lowest BCUT2D eigenvalue weighted by Gasteiger charge is -2.14. The number of methoxy groups -OCH3 is 1. The van der Waals surface area contributed by atoms with Gasteiger partial charge in [-0.05, 0) is 18.2 Å². The van der Waals surface area contributed by atoms with Crippen LogP contribution in [0, 0.1) is 0 Å².